The number of carbonyl (C=O) groups is 1. The summed E-state index contributed by atoms with van der Waals surface area (Å²) in [4.78, 5) is 12.0. The van der Waals surface area contributed by atoms with Gasteiger partial charge in [0, 0.05) is 24.8 Å². The molecule has 0 aromatic carbocycles. The summed E-state index contributed by atoms with van der Waals surface area (Å²) in [5.74, 6) is -0.425. The minimum absolute atomic E-state index is 0.150. The summed E-state index contributed by atoms with van der Waals surface area (Å²) in [6, 6.07) is 0. The van der Waals surface area contributed by atoms with Crippen LogP contribution in [-0.2, 0) is 30.6 Å². The molecular formula is C14H17BrF3N5O. The van der Waals surface area contributed by atoms with Gasteiger partial charge >= 0.3 is 6.18 Å². The topological polar surface area (TPSA) is 64.7 Å². The smallest absolute Gasteiger partial charge is 0.350 e. The first-order valence-electron chi connectivity index (χ1n) is 7.23. The van der Waals surface area contributed by atoms with Gasteiger partial charge in [-0.1, -0.05) is 0 Å². The number of rotatable bonds is 5. The molecule has 0 saturated heterocycles. The van der Waals surface area contributed by atoms with E-state index in [2.05, 4.69) is 31.4 Å². The van der Waals surface area contributed by atoms with Crippen molar-refractivity contribution < 1.29 is 18.0 Å². The summed E-state index contributed by atoms with van der Waals surface area (Å²) in [6.45, 7) is 5.94. The largest absolute Gasteiger partial charge is 0.436 e. The Bertz CT molecular complexity index is 750. The zero-order valence-electron chi connectivity index (χ0n) is 13.4. The van der Waals surface area contributed by atoms with Crippen molar-refractivity contribution in [3.05, 3.63) is 33.3 Å². The molecule has 1 N–H and O–H groups in total. The molecule has 0 bridgehead atoms. The van der Waals surface area contributed by atoms with Crippen molar-refractivity contribution in [3.63, 3.8) is 0 Å². The predicted octanol–water partition coefficient (Wildman–Crippen LogP) is 2.81. The molecule has 0 spiro atoms. The number of aryl methyl sites for hydroxylation is 2. The van der Waals surface area contributed by atoms with Gasteiger partial charge in [0.25, 0.3) is 0 Å². The summed E-state index contributed by atoms with van der Waals surface area (Å²) in [6.07, 6.45) is -2.75. The average molecular weight is 408 g/mol. The van der Waals surface area contributed by atoms with Crippen molar-refractivity contribution in [1.29, 1.82) is 0 Å². The number of amides is 1. The highest BCUT2D eigenvalue weighted by Crippen LogP contribution is 2.35. The molecule has 0 aliphatic carbocycles. The lowest BCUT2D eigenvalue weighted by Crippen LogP contribution is -2.28. The van der Waals surface area contributed by atoms with E-state index in [1.54, 1.807) is 4.68 Å². The van der Waals surface area contributed by atoms with E-state index in [1.165, 1.54) is 6.92 Å². The summed E-state index contributed by atoms with van der Waals surface area (Å²) in [5, 5.41) is 10.4. The van der Waals surface area contributed by atoms with Gasteiger partial charge in [0.15, 0.2) is 5.69 Å². The van der Waals surface area contributed by atoms with E-state index >= 15 is 0 Å². The standard InChI is InChI=1S/C14H17BrF3N5O/c1-4-22-6-10(8(2)20-22)5-19-11(24)7-23-9(3)12(15)13(21-23)14(16,17)18/h6H,4-5,7H2,1-3H3,(H,19,24). The van der Waals surface area contributed by atoms with E-state index in [-0.39, 0.29) is 23.3 Å². The maximum absolute atomic E-state index is 12.8. The first kappa shape index (κ1) is 18.5. The third-order valence-corrected chi connectivity index (χ3v) is 4.49. The first-order valence-corrected chi connectivity index (χ1v) is 8.02. The number of aromatic nitrogens is 4. The molecule has 0 saturated carbocycles. The monoisotopic (exact) mass is 407 g/mol. The van der Waals surface area contributed by atoms with E-state index in [9.17, 15) is 18.0 Å². The van der Waals surface area contributed by atoms with Crippen LogP contribution in [0.25, 0.3) is 0 Å². The average Bonchev–Trinajstić information content (AvgIpc) is 2.99. The van der Waals surface area contributed by atoms with Crippen molar-refractivity contribution in [1.82, 2.24) is 24.9 Å². The van der Waals surface area contributed by atoms with Crippen LogP contribution in [0, 0.1) is 13.8 Å². The van der Waals surface area contributed by atoms with E-state index in [1.807, 2.05) is 20.0 Å². The number of nitrogens with zero attached hydrogens (tertiary/aromatic N) is 4. The summed E-state index contributed by atoms with van der Waals surface area (Å²) < 4.78 is 41.1. The minimum atomic E-state index is -4.57. The second-order valence-corrected chi connectivity index (χ2v) is 6.07. The Morgan fingerprint density at radius 3 is 2.50 bits per heavy atom. The van der Waals surface area contributed by atoms with Crippen molar-refractivity contribution >= 4 is 21.8 Å². The highest BCUT2D eigenvalue weighted by atomic mass is 79.9. The molecule has 2 heterocycles. The van der Waals surface area contributed by atoms with Gasteiger partial charge in [0.05, 0.1) is 15.9 Å². The number of alkyl halides is 3. The van der Waals surface area contributed by atoms with Crippen molar-refractivity contribution in [2.45, 2.75) is 46.6 Å². The number of carbonyl (C=O) groups excluding carboxylic acids is 1. The fourth-order valence-corrected chi connectivity index (χ4v) is 2.65. The first-order chi connectivity index (χ1) is 11.1. The molecule has 24 heavy (non-hydrogen) atoms. The van der Waals surface area contributed by atoms with Crippen LogP contribution < -0.4 is 5.32 Å². The van der Waals surface area contributed by atoms with Crippen LogP contribution in [0.5, 0.6) is 0 Å². The molecule has 0 aliphatic rings. The van der Waals surface area contributed by atoms with Crippen LogP contribution >= 0.6 is 15.9 Å². The van der Waals surface area contributed by atoms with E-state index < -0.39 is 17.8 Å². The van der Waals surface area contributed by atoms with E-state index in [4.69, 9.17) is 0 Å². The van der Waals surface area contributed by atoms with Crippen molar-refractivity contribution in [2.24, 2.45) is 0 Å². The molecule has 2 aromatic rings. The summed E-state index contributed by atoms with van der Waals surface area (Å²) in [5.41, 5.74) is 0.870. The maximum atomic E-state index is 12.8. The zero-order chi connectivity index (χ0) is 18.1. The third kappa shape index (κ3) is 3.97. The van der Waals surface area contributed by atoms with E-state index in [0.29, 0.717) is 0 Å². The molecule has 0 fully saturated rings. The second kappa shape index (κ2) is 6.96. The molecule has 0 radical (unpaired) electrons. The Kier molecular flexibility index (Phi) is 5.36. The lowest BCUT2D eigenvalue weighted by atomic mass is 10.2. The van der Waals surface area contributed by atoms with Gasteiger partial charge in [-0.05, 0) is 36.7 Å². The number of hydrogen-bond donors (Lipinski definition) is 1. The highest BCUT2D eigenvalue weighted by molar-refractivity contribution is 9.10. The molecule has 2 aromatic heterocycles. The van der Waals surface area contributed by atoms with Gasteiger partial charge in [0.2, 0.25) is 5.91 Å². The maximum Gasteiger partial charge on any atom is 0.436 e. The van der Waals surface area contributed by atoms with Crippen LogP contribution in [-0.4, -0.2) is 25.5 Å². The second-order valence-electron chi connectivity index (χ2n) is 5.28. The van der Waals surface area contributed by atoms with Crippen LogP contribution in [0.4, 0.5) is 13.2 Å². The van der Waals surface area contributed by atoms with Gasteiger partial charge < -0.3 is 5.32 Å². The normalized spacial score (nSPS) is 11.8. The zero-order valence-corrected chi connectivity index (χ0v) is 15.0. The SMILES string of the molecule is CCn1cc(CNC(=O)Cn2nc(C(F)(F)F)c(Br)c2C)c(C)n1. The van der Waals surface area contributed by atoms with Crippen LogP contribution in [0.3, 0.4) is 0 Å². The van der Waals surface area contributed by atoms with E-state index in [0.717, 1.165) is 22.5 Å². The van der Waals surface area contributed by atoms with Gasteiger partial charge in [-0.25, -0.2) is 0 Å². The summed E-state index contributed by atoms with van der Waals surface area (Å²) >= 11 is 2.88. The van der Waals surface area contributed by atoms with Crippen LogP contribution in [0.1, 0.15) is 29.6 Å². The molecule has 1 amide bonds. The van der Waals surface area contributed by atoms with Gasteiger partial charge in [-0.15, -0.1) is 0 Å². The highest BCUT2D eigenvalue weighted by Gasteiger charge is 2.38. The minimum Gasteiger partial charge on any atom is -0.350 e. The number of hydrogen-bond acceptors (Lipinski definition) is 3. The Balaban J connectivity index is 2.04. The Morgan fingerprint density at radius 2 is 2.00 bits per heavy atom. The van der Waals surface area contributed by atoms with Crippen molar-refractivity contribution in [3.8, 4) is 0 Å². The Labute approximate surface area is 145 Å². The van der Waals surface area contributed by atoms with Crippen LogP contribution in [0.15, 0.2) is 10.7 Å². The van der Waals surface area contributed by atoms with Gasteiger partial charge in [0.1, 0.15) is 6.54 Å². The van der Waals surface area contributed by atoms with Gasteiger partial charge in [-0.2, -0.15) is 23.4 Å². The fourth-order valence-electron chi connectivity index (χ4n) is 2.14. The number of halogens is 4. The Morgan fingerprint density at radius 1 is 1.33 bits per heavy atom. The molecule has 2 rings (SSSR count). The molecule has 132 valence electrons. The molecular weight excluding hydrogens is 391 g/mol. The molecule has 0 aliphatic heterocycles. The predicted molar refractivity (Wildman–Crippen MR) is 84.2 cm³/mol. The molecule has 10 heteroatoms. The molecule has 0 atom stereocenters. The molecule has 6 nitrogen and oxygen atoms in total. The fraction of sp³-hybridized carbons (Fsp3) is 0.500. The van der Waals surface area contributed by atoms with Crippen LogP contribution in [0.2, 0.25) is 0 Å². The Hall–Kier alpha value is -1.84. The third-order valence-electron chi connectivity index (χ3n) is 3.54. The lowest BCUT2D eigenvalue weighted by Gasteiger charge is -2.06. The number of nitrogens with one attached hydrogen (secondary N) is 1. The van der Waals surface area contributed by atoms with Crippen molar-refractivity contribution in [2.75, 3.05) is 0 Å². The molecule has 0 unspecified atom stereocenters. The quantitative estimate of drug-likeness (QED) is 0.828. The lowest BCUT2D eigenvalue weighted by molar-refractivity contribution is -0.142. The summed E-state index contributed by atoms with van der Waals surface area (Å²) in [7, 11) is 0. The van der Waals surface area contributed by atoms with Gasteiger partial charge in [-0.3, -0.25) is 14.2 Å².